The lowest BCUT2D eigenvalue weighted by molar-refractivity contribution is 0.273. The number of hydrogen-bond acceptors (Lipinski definition) is 3. The Hall–Kier alpha value is -2.45. The van der Waals surface area contributed by atoms with Crippen molar-refractivity contribution in [2.45, 2.75) is 13.2 Å². The molecule has 1 N–H and O–H groups in total. The highest BCUT2D eigenvalue weighted by Crippen LogP contribution is 2.24. The van der Waals surface area contributed by atoms with Crippen LogP contribution in [0.4, 0.5) is 8.78 Å². The van der Waals surface area contributed by atoms with E-state index in [1.54, 1.807) is 31.3 Å². The van der Waals surface area contributed by atoms with Crippen molar-refractivity contribution in [1.82, 2.24) is 5.32 Å². The Balaban J connectivity index is 2.10. The number of ether oxygens (including phenoxy) is 1. The fourth-order valence-electron chi connectivity index (χ4n) is 1.89. The molecule has 3 nitrogen and oxygen atoms in total. The number of halogens is 2. The molecule has 108 valence electrons. The summed E-state index contributed by atoms with van der Waals surface area (Å²) in [7, 11) is 1.70. The molecule has 21 heavy (non-hydrogen) atoms. The summed E-state index contributed by atoms with van der Waals surface area (Å²) in [6.45, 7) is 0.411. The highest BCUT2D eigenvalue weighted by molar-refractivity contribution is 5.33. The molecular formula is C16H14F2N2O. The summed E-state index contributed by atoms with van der Waals surface area (Å²) in [6.07, 6.45) is 0. The van der Waals surface area contributed by atoms with Gasteiger partial charge in [0.1, 0.15) is 6.61 Å². The zero-order valence-corrected chi connectivity index (χ0v) is 11.5. The van der Waals surface area contributed by atoms with Crippen LogP contribution in [0.25, 0.3) is 0 Å². The van der Waals surface area contributed by atoms with Crippen molar-refractivity contribution >= 4 is 0 Å². The summed E-state index contributed by atoms with van der Waals surface area (Å²) < 4.78 is 32.8. The first-order chi connectivity index (χ1) is 10.1. The van der Waals surface area contributed by atoms with Gasteiger partial charge in [0.05, 0.1) is 11.6 Å². The molecule has 0 aliphatic heterocycles. The summed E-state index contributed by atoms with van der Waals surface area (Å²) in [6, 6.07) is 11.1. The van der Waals surface area contributed by atoms with E-state index in [9.17, 15) is 8.78 Å². The Morgan fingerprint density at radius 2 is 1.71 bits per heavy atom. The molecule has 0 spiro atoms. The Bertz CT molecular complexity index is 640. The van der Waals surface area contributed by atoms with Crippen LogP contribution in [0.1, 0.15) is 16.7 Å². The lowest BCUT2D eigenvalue weighted by Gasteiger charge is -2.10. The van der Waals surface area contributed by atoms with Crippen LogP contribution in [-0.4, -0.2) is 7.05 Å². The number of rotatable bonds is 5. The lowest BCUT2D eigenvalue weighted by Crippen LogP contribution is -2.07. The quantitative estimate of drug-likeness (QED) is 0.919. The summed E-state index contributed by atoms with van der Waals surface area (Å²) in [5, 5.41) is 11.5. The predicted molar refractivity (Wildman–Crippen MR) is 74.6 cm³/mol. The van der Waals surface area contributed by atoms with Crippen LogP contribution in [-0.2, 0) is 13.2 Å². The van der Waals surface area contributed by atoms with Crippen LogP contribution in [0.15, 0.2) is 36.4 Å². The highest BCUT2D eigenvalue weighted by Gasteiger charge is 2.12. The van der Waals surface area contributed by atoms with Gasteiger partial charge in [-0.15, -0.1) is 0 Å². The van der Waals surface area contributed by atoms with Gasteiger partial charge in [-0.05, 0) is 42.4 Å². The fourth-order valence-corrected chi connectivity index (χ4v) is 1.89. The summed E-state index contributed by atoms with van der Waals surface area (Å²) >= 11 is 0. The zero-order valence-electron chi connectivity index (χ0n) is 11.5. The largest absolute Gasteiger partial charge is 0.483 e. The van der Waals surface area contributed by atoms with Crippen LogP contribution < -0.4 is 10.1 Å². The average molecular weight is 288 g/mol. The maximum Gasteiger partial charge on any atom is 0.191 e. The molecule has 0 fully saturated rings. The van der Waals surface area contributed by atoms with Gasteiger partial charge in [0.15, 0.2) is 17.4 Å². The van der Waals surface area contributed by atoms with Gasteiger partial charge in [0.25, 0.3) is 0 Å². The smallest absolute Gasteiger partial charge is 0.191 e. The molecule has 0 unspecified atom stereocenters. The molecule has 0 atom stereocenters. The molecule has 0 aliphatic carbocycles. The fraction of sp³-hybridized carbons (Fsp3) is 0.188. The van der Waals surface area contributed by atoms with Crippen molar-refractivity contribution in [3.8, 4) is 11.8 Å². The maximum atomic E-state index is 13.8. The standard InChI is InChI=1S/C16H14F2N2O/c1-20-9-13-6-14(17)16(15(18)7-13)21-10-12-4-2-11(8-19)3-5-12/h2-7,20H,9-10H2,1H3. The molecule has 2 rings (SSSR count). The first kappa shape index (κ1) is 14.9. The Morgan fingerprint density at radius 3 is 2.24 bits per heavy atom. The molecule has 0 bridgehead atoms. The summed E-state index contributed by atoms with van der Waals surface area (Å²) in [5.41, 5.74) is 1.76. The minimum atomic E-state index is -0.728. The molecule has 0 aromatic heterocycles. The molecule has 5 heteroatoms. The minimum Gasteiger partial charge on any atom is -0.483 e. The average Bonchev–Trinajstić information content (AvgIpc) is 2.47. The third kappa shape index (κ3) is 3.77. The normalized spacial score (nSPS) is 10.2. The van der Waals surface area contributed by atoms with Gasteiger partial charge < -0.3 is 10.1 Å². The summed E-state index contributed by atoms with van der Waals surface area (Å²) in [5.74, 6) is -1.85. The van der Waals surface area contributed by atoms with E-state index in [1.807, 2.05) is 6.07 Å². The predicted octanol–water partition coefficient (Wildman–Crippen LogP) is 3.13. The first-order valence-corrected chi connectivity index (χ1v) is 6.38. The van der Waals surface area contributed by atoms with Gasteiger partial charge in [-0.3, -0.25) is 0 Å². The molecule has 0 saturated heterocycles. The van der Waals surface area contributed by atoms with Crippen LogP contribution in [0.5, 0.6) is 5.75 Å². The van der Waals surface area contributed by atoms with E-state index in [0.29, 0.717) is 17.7 Å². The van der Waals surface area contributed by atoms with Gasteiger partial charge >= 0.3 is 0 Å². The van der Waals surface area contributed by atoms with Crippen LogP contribution in [0.3, 0.4) is 0 Å². The van der Waals surface area contributed by atoms with Crippen molar-refractivity contribution in [2.24, 2.45) is 0 Å². The van der Waals surface area contributed by atoms with Crippen molar-refractivity contribution in [3.63, 3.8) is 0 Å². The Kier molecular flexibility index (Phi) is 4.85. The molecule has 2 aromatic rings. The van der Waals surface area contributed by atoms with E-state index >= 15 is 0 Å². The third-order valence-corrected chi connectivity index (χ3v) is 2.91. The van der Waals surface area contributed by atoms with E-state index in [0.717, 1.165) is 5.56 Å². The van der Waals surface area contributed by atoms with Gasteiger partial charge in [-0.25, -0.2) is 8.78 Å². The molecule has 0 heterocycles. The topological polar surface area (TPSA) is 45.0 Å². The lowest BCUT2D eigenvalue weighted by atomic mass is 10.1. The number of nitriles is 1. The van der Waals surface area contributed by atoms with Gasteiger partial charge in [-0.1, -0.05) is 12.1 Å². The summed E-state index contributed by atoms with van der Waals surface area (Å²) in [4.78, 5) is 0. The van der Waals surface area contributed by atoms with Gasteiger partial charge in [-0.2, -0.15) is 5.26 Å². The second-order valence-corrected chi connectivity index (χ2v) is 4.52. The second-order valence-electron chi connectivity index (χ2n) is 4.52. The number of nitrogens with one attached hydrogen (secondary N) is 1. The van der Waals surface area contributed by atoms with Crippen LogP contribution in [0, 0.1) is 23.0 Å². The monoisotopic (exact) mass is 288 g/mol. The minimum absolute atomic E-state index is 0.0327. The second kappa shape index (κ2) is 6.82. The van der Waals surface area contributed by atoms with E-state index in [-0.39, 0.29) is 12.4 Å². The maximum absolute atomic E-state index is 13.8. The van der Waals surface area contributed by atoms with Crippen molar-refractivity contribution < 1.29 is 13.5 Å². The molecule has 2 aromatic carbocycles. The van der Waals surface area contributed by atoms with E-state index < -0.39 is 11.6 Å². The Labute approximate surface area is 121 Å². The molecule has 0 radical (unpaired) electrons. The highest BCUT2D eigenvalue weighted by atomic mass is 19.1. The van der Waals surface area contributed by atoms with Gasteiger partial charge in [0, 0.05) is 6.54 Å². The van der Waals surface area contributed by atoms with E-state index in [4.69, 9.17) is 10.00 Å². The van der Waals surface area contributed by atoms with Crippen LogP contribution in [0.2, 0.25) is 0 Å². The molecular weight excluding hydrogens is 274 g/mol. The Morgan fingerprint density at radius 1 is 1.10 bits per heavy atom. The van der Waals surface area contributed by atoms with E-state index in [1.165, 1.54) is 12.1 Å². The molecule has 0 aliphatic rings. The van der Waals surface area contributed by atoms with Crippen molar-refractivity contribution in [3.05, 3.63) is 64.7 Å². The number of hydrogen-bond donors (Lipinski definition) is 1. The first-order valence-electron chi connectivity index (χ1n) is 6.38. The van der Waals surface area contributed by atoms with Crippen molar-refractivity contribution in [2.75, 3.05) is 7.05 Å². The van der Waals surface area contributed by atoms with Gasteiger partial charge in [0.2, 0.25) is 0 Å². The van der Waals surface area contributed by atoms with E-state index in [2.05, 4.69) is 5.32 Å². The number of benzene rings is 2. The number of nitrogens with zero attached hydrogens (tertiary/aromatic N) is 1. The zero-order chi connectivity index (χ0) is 15.2. The van der Waals surface area contributed by atoms with Crippen LogP contribution >= 0.6 is 0 Å². The molecule has 0 saturated carbocycles. The molecule has 0 amide bonds. The third-order valence-electron chi connectivity index (χ3n) is 2.91. The van der Waals surface area contributed by atoms with Crippen molar-refractivity contribution in [1.29, 1.82) is 5.26 Å². The SMILES string of the molecule is CNCc1cc(F)c(OCc2ccc(C#N)cc2)c(F)c1.